The van der Waals surface area contributed by atoms with Crippen LogP contribution in [0.3, 0.4) is 0 Å². The molecule has 66 valence electrons. The van der Waals surface area contributed by atoms with Crippen molar-refractivity contribution in [3.63, 3.8) is 0 Å². The van der Waals surface area contributed by atoms with Crippen LogP contribution in [0.1, 0.15) is 12.0 Å². The van der Waals surface area contributed by atoms with Gasteiger partial charge in [0.25, 0.3) is 0 Å². The van der Waals surface area contributed by atoms with E-state index in [1.165, 1.54) is 12.1 Å². The Labute approximate surface area is 70.3 Å². The highest BCUT2D eigenvalue weighted by Crippen LogP contribution is 2.16. The zero-order valence-corrected chi connectivity index (χ0v) is 6.63. The van der Waals surface area contributed by atoms with E-state index in [0.717, 1.165) is 5.56 Å². The summed E-state index contributed by atoms with van der Waals surface area (Å²) in [5.41, 5.74) is 0.791. The second-order valence-electron chi connectivity index (χ2n) is 2.61. The molecule has 0 aliphatic rings. The normalized spacial score (nSPS) is 10.2. The molecule has 0 aliphatic heterocycles. The van der Waals surface area contributed by atoms with E-state index in [2.05, 4.69) is 0 Å². The fraction of sp³-hybridized carbons (Fsp3) is 0.333. The number of phenols is 1. The van der Waals surface area contributed by atoms with Crippen molar-refractivity contribution < 1.29 is 14.6 Å². The van der Waals surface area contributed by atoms with E-state index >= 15 is 0 Å². The number of phenolic OH excluding ortho intramolecular Hbond substituents is 1. The Morgan fingerprint density at radius 3 is 2.67 bits per heavy atom. The summed E-state index contributed by atoms with van der Waals surface area (Å²) in [5.74, 6) is -0.937. The van der Waals surface area contributed by atoms with E-state index < -0.39 is 5.82 Å². The molecule has 12 heavy (non-hydrogen) atoms. The van der Waals surface area contributed by atoms with Crippen LogP contribution in [-0.2, 0) is 6.42 Å². The van der Waals surface area contributed by atoms with Gasteiger partial charge in [-0.1, -0.05) is 6.07 Å². The number of rotatable bonds is 3. The van der Waals surface area contributed by atoms with Crippen molar-refractivity contribution in [1.82, 2.24) is 0 Å². The van der Waals surface area contributed by atoms with E-state index in [1.807, 2.05) is 0 Å². The van der Waals surface area contributed by atoms with Gasteiger partial charge in [-0.25, -0.2) is 4.39 Å². The molecule has 3 heteroatoms. The van der Waals surface area contributed by atoms with Gasteiger partial charge >= 0.3 is 0 Å². The molecule has 0 fully saturated rings. The summed E-state index contributed by atoms with van der Waals surface area (Å²) in [6.07, 6.45) is 1.25. The minimum atomic E-state index is -0.606. The molecule has 0 atom stereocenters. The fourth-order valence-electron chi connectivity index (χ4n) is 0.989. The second kappa shape index (κ2) is 4.07. The number of aromatic hydroxyl groups is 1. The van der Waals surface area contributed by atoms with Gasteiger partial charge in [-0.2, -0.15) is 0 Å². The summed E-state index contributed by atoms with van der Waals surface area (Å²) < 4.78 is 12.7. The van der Waals surface area contributed by atoms with E-state index in [0.29, 0.717) is 12.8 Å². The molecule has 1 aromatic carbocycles. The van der Waals surface area contributed by atoms with Gasteiger partial charge in [0.2, 0.25) is 0 Å². The zero-order chi connectivity index (χ0) is 8.97. The lowest BCUT2D eigenvalue weighted by Gasteiger charge is -2.00. The monoisotopic (exact) mass is 170 g/mol. The predicted molar refractivity (Wildman–Crippen MR) is 43.5 cm³/mol. The Hall–Kier alpha value is -1.09. The molecule has 0 aromatic heterocycles. The lowest BCUT2D eigenvalue weighted by atomic mass is 10.1. The van der Waals surface area contributed by atoms with E-state index in [4.69, 9.17) is 10.2 Å². The van der Waals surface area contributed by atoms with Crippen molar-refractivity contribution in [2.24, 2.45) is 0 Å². The summed E-state index contributed by atoms with van der Waals surface area (Å²) in [7, 11) is 0. The number of benzene rings is 1. The molecule has 0 radical (unpaired) electrons. The summed E-state index contributed by atoms with van der Waals surface area (Å²) in [5, 5.41) is 17.4. The van der Waals surface area contributed by atoms with E-state index in [9.17, 15) is 4.39 Å². The first-order valence-electron chi connectivity index (χ1n) is 3.82. The van der Waals surface area contributed by atoms with Gasteiger partial charge in [-0.3, -0.25) is 0 Å². The Bertz CT molecular complexity index is 261. The van der Waals surface area contributed by atoms with Crippen molar-refractivity contribution in [3.05, 3.63) is 29.6 Å². The van der Waals surface area contributed by atoms with Crippen molar-refractivity contribution >= 4 is 0 Å². The van der Waals surface area contributed by atoms with Crippen molar-refractivity contribution in [3.8, 4) is 5.75 Å². The van der Waals surface area contributed by atoms with Crippen molar-refractivity contribution in [2.45, 2.75) is 12.8 Å². The Morgan fingerprint density at radius 1 is 1.33 bits per heavy atom. The summed E-state index contributed by atoms with van der Waals surface area (Å²) in [4.78, 5) is 0. The molecule has 0 amide bonds. The van der Waals surface area contributed by atoms with Crippen LogP contribution in [-0.4, -0.2) is 16.8 Å². The van der Waals surface area contributed by atoms with Crippen LogP contribution in [0.4, 0.5) is 4.39 Å². The first kappa shape index (κ1) is 9.00. The maximum absolute atomic E-state index is 12.7. The second-order valence-corrected chi connectivity index (χ2v) is 2.61. The van der Waals surface area contributed by atoms with Gasteiger partial charge in [-0.05, 0) is 30.5 Å². The minimum absolute atomic E-state index is 0.0997. The summed E-state index contributed by atoms with van der Waals surface area (Å²) >= 11 is 0. The van der Waals surface area contributed by atoms with Gasteiger partial charge in [0.05, 0.1) is 0 Å². The molecule has 0 aliphatic carbocycles. The summed E-state index contributed by atoms with van der Waals surface area (Å²) in [6.45, 7) is 0.0997. The lowest BCUT2D eigenvalue weighted by molar-refractivity contribution is 0.288. The van der Waals surface area contributed by atoms with Gasteiger partial charge in [0.1, 0.15) is 0 Å². The van der Waals surface area contributed by atoms with Crippen LogP contribution in [0.15, 0.2) is 18.2 Å². The Kier molecular flexibility index (Phi) is 3.05. The van der Waals surface area contributed by atoms with Crippen LogP contribution >= 0.6 is 0 Å². The molecule has 0 bridgehead atoms. The van der Waals surface area contributed by atoms with Crippen LogP contribution in [0.2, 0.25) is 0 Å². The molecule has 1 rings (SSSR count). The maximum Gasteiger partial charge on any atom is 0.165 e. The standard InChI is InChI=1S/C9H11FO2/c10-8-6-7(2-1-5-11)3-4-9(8)12/h3-4,6,11-12H,1-2,5H2. The van der Waals surface area contributed by atoms with Gasteiger partial charge < -0.3 is 10.2 Å². The van der Waals surface area contributed by atoms with Gasteiger partial charge in [-0.15, -0.1) is 0 Å². The highest BCUT2D eigenvalue weighted by atomic mass is 19.1. The molecule has 0 heterocycles. The van der Waals surface area contributed by atoms with Gasteiger partial charge in [0, 0.05) is 6.61 Å². The van der Waals surface area contributed by atoms with Gasteiger partial charge in [0.15, 0.2) is 11.6 Å². The first-order chi connectivity index (χ1) is 5.74. The summed E-state index contributed by atoms with van der Waals surface area (Å²) in [6, 6.07) is 4.25. The number of aliphatic hydroxyl groups excluding tert-OH is 1. The largest absolute Gasteiger partial charge is 0.505 e. The molecule has 0 saturated carbocycles. The number of halogens is 1. The number of hydrogen-bond acceptors (Lipinski definition) is 2. The third-order valence-corrected chi connectivity index (χ3v) is 1.64. The molecule has 2 nitrogen and oxygen atoms in total. The molecule has 2 N–H and O–H groups in total. The average molecular weight is 170 g/mol. The highest BCUT2D eigenvalue weighted by Gasteiger charge is 2.00. The molecule has 1 aromatic rings. The predicted octanol–water partition coefficient (Wildman–Crippen LogP) is 1.46. The minimum Gasteiger partial charge on any atom is -0.505 e. The lowest BCUT2D eigenvalue weighted by Crippen LogP contribution is -1.90. The van der Waals surface area contributed by atoms with Crippen LogP contribution in [0, 0.1) is 5.82 Å². The van der Waals surface area contributed by atoms with Crippen molar-refractivity contribution in [1.29, 1.82) is 0 Å². The third kappa shape index (κ3) is 2.20. The maximum atomic E-state index is 12.7. The average Bonchev–Trinajstić information content (AvgIpc) is 2.07. The highest BCUT2D eigenvalue weighted by molar-refractivity contribution is 5.27. The molecular weight excluding hydrogens is 159 g/mol. The first-order valence-corrected chi connectivity index (χ1v) is 3.82. The number of aliphatic hydroxyl groups is 1. The zero-order valence-electron chi connectivity index (χ0n) is 6.63. The number of aryl methyl sites for hydroxylation is 1. The molecule has 0 saturated heterocycles. The number of hydrogen-bond donors (Lipinski definition) is 2. The topological polar surface area (TPSA) is 40.5 Å². The van der Waals surface area contributed by atoms with Crippen molar-refractivity contribution in [2.75, 3.05) is 6.61 Å². The third-order valence-electron chi connectivity index (χ3n) is 1.64. The van der Waals surface area contributed by atoms with Crippen LogP contribution in [0.25, 0.3) is 0 Å². The fourth-order valence-corrected chi connectivity index (χ4v) is 0.989. The Morgan fingerprint density at radius 2 is 2.08 bits per heavy atom. The van der Waals surface area contributed by atoms with E-state index in [-0.39, 0.29) is 12.4 Å². The smallest absolute Gasteiger partial charge is 0.165 e. The molecular formula is C9H11FO2. The van der Waals surface area contributed by atoms with E-state index in [1.54, 1.807) is 6.07 Å². The molecule has 0 unspecified atom stereocenters. The molecule has 0 spiro atoms. The quantitative estimate of drug-likeness (QED) is 0.720. The van der Waals surface area contributed by atoms with Crippen LogP contribution < -0.4 is 0 Å². The Balaban J connectivity index is 2.69. The SMILES string of the molecule is OCCCc1ccc(O)c(F)c1. The van der Waals surface area contributed by atoms with Crippen LogP contribution in [0.5, 0.6) is 5.75 Å².